The highest BCUT2D eigenvalue weighted by molar-refractivity contribution is 6.32. The Kier molecular flexibility index (Phi) is 3.78. The maximum absolute atomic E-state index is 11.6. The van der Waals surface area contributed by atoms with E-state index in [2.05, 4.69) is 5.32 Å². The van der Waals surface area contributed by atoms with Gasteiger partial charge in [0.2, 0.25) is 0 Å². The summed E-state index contributed by atoms with van der Waals surface area (Å²) in [6, 6.07) is 5.40. The highest BCUT2D eigenvalue weighted by atomic mass is 35.5. The molecule has 0 radical (unpaired) electrons. The van der Waals surface area contributed by atoms with Gasteiger partial charge in [-0.3, -0.25) is 4.79 Å². The first-order valence-electron chi connectivity index (χ1n) is 5.85. The molecular formula is C13H16ClNO3. The second-order valence-electron chi connectivity index (χ2n) is 4.71. The summed E-state index contributed by atoms with van der Waals surface area (Å²) in [7, 11) is 0. The van der Waals surface area contributed by atoms with Gasteiger partial charge in [0.25, 0.3) is 5.91 Å². The number of hydrogen-bond acceptors (Lipinski definition) is 3. The van der Waals surface area contributed by atoms with Crippen molar-refractivity contribution in [2.24, 2.45) is 0 Å². The van der Waals surface area contributed by atoms with Crippen molar-refractivity contribution in [2.45, 2.75) is 25.3 Å². The standard InChI is InChI=1S/C13H16ClNO3/c1-9-2-3-10(14)11(6-9)18-7-12(17)15-13(8-16)4-5-13/h2-3,6,16H,4-5,7-8H2,1H3,(H,15,17). The second-order valence-corrected chi connectivity index (χ2v) is 5.12. The summed E-state index contributed by atoms with van der Waals surface area (Å²) in [5, 5.41) is 12.3. The van der Waals surface area contributed by atoms with E-state index in [0.29, 0.717) is 10.8 Å². The average Bonchev–Trinajstić information content (AvgIpc) is 3.11. The van der Waals surface area contributed by atoms with Crippen LogP contribution < -0.4 is 10.1 Å². The summed E-state index contributed by atoms with van der Waals surface area (Å²) >= 11 is 5.96. The van der Waals surface area contributed by atoms with E-state index in [1.807, 2.05) is 13.0 Å². The molecule has 0 aromatic heterocycles. The molecule has 0 atom stereocenters. The van der Waals surface area contributed by atoms with E-state index in [0.717, 1.165) is 18.4 Å². The van der Waals surface area contributed by atoms with E-state index in [9.17, 15) is 4.79 Å². The molecule has 0 unspecified atom stereocenters. The molecule has 4 nitrogen and oxygen atoms in total. The van der Waals surface area contributed by atoms with Crippen LogP contribution in [-0.4, -0.2) is 29.8 Å². The van der Waals surface area contributed by atoms with Gasteiger partial charge in [0, 0.05) is 0 Å². The van der Waals surface area contributed by atoms with Crippen molar-refractivity contribution in [1.29, 1.82) is 0 Å². The Hall–Kier alpha value is -1.26. The molecule has 1 amide bonds. The molecule has 1 aliphatic carbocycles. The molecule has 2 rings (SSSR count). The van der Waals surface area contributed by atoms with Crippen molar-refractivity contribution in [2.75, 3.05) is 13.2 Å². The lowest BCUT2D eigenvalue weighted by atomic mass is 10.2. The average molecular weight is 270 g/mol. The van der Waals surface area contributed by atoms with Gasteiger partial charge in [-0.25, -0.2) is 0 Å². The van der Waals surface area contributed by atoms with Gasteiger partial charge in [-0.1, -0.05) is 17.7 Å². The molecule has 0 bridgehead atoms. The number of aliphatic hydroxyl groups excluding tert-OH is 1. The van der Waals surface area contributed by atoms with Gasteiger partial charge in [0.1, 0.15) is 5.75 Å². The first kappa shape index (κ1) is 13.2. The predicted molar refractivity (Wildman–Crippen MR) is 68.9 cm³/mol. The summed E-state index contributed by atoms with van der Waals surface area (Å²) < 4.78 is 5.37. The molecular weight excluding hydrogens is 254 g/mol. The Labute approximate surface area is 111 Å². The number of ether oxygens (including phenoxy) is 1. The Morgan fingerprint density at radius 1 is 1.56 bits per heavy atom. The van der Waals surface area contributed by atoms with Gasteiger partial charge < -0.3 is 15.2 Å². The van der Waals surface area contributed by atoms with E-state index in [4.69, 9.17) is 21.4 Å². The molecule has 98 valence electrons. The molecule has 1 aromatic carbocycles. The van der Waals surface area contributed by atoms with Crippen molar-refractivity contribution in [1.82, 2.24) is 5.32 Å². The zero-order valence-corrected chi connectivity index (χ0v) is 11.0. The third kappa shape index (κ3) is 3.15. The Morgan fingerprint density at radius 3 is 2.89 bits per heavy atom. The number of aryl methyl sites for hydroxylation is 1. The number of hydrogen-bond donors (Lipinski definition) is 2. The van der Waals surface area contributed by atoms with Crippen LogP contribution in [0.5, 0.6) is 5.75 Å². The minimum absolute atomic E-state index is 0.0239. The fourth-order valence-corrected chi connectivity index (χ4v) is 1.84. The predicted octanol–water partition coefficient (Wildman–Crippen LogP) is 1.67. The van der Waals surface area contributed by atoms with Gasteiger partial charge in [-0.05, 0) is 37.5 Å². The van der Waals surface area contributed by atoms with Gasteiger partial charge in [-0.2, -0.15) is 0 Å². The minimum atomic E-state index is -0.406. The first-order chi connectivity index (χ1) is 8.54. The van der Waals surface area contributed by atoms with Crippen LogP contribution in [0.15, 0.2) is 18.2 Å². The van der Waals surface area contributed by atoms with Crippen LogP contribution in [0.1, 0.15) is 18.4 Å². The lowest BCUT2D eigenvalue weighted by Gasteiger charge is -2.15. The topological polar surface area (TPSA) is 58.6 Å². The quantitative estimate of drug-likeness (QED) is 0.855. The third-order valence-corrected chi connectivity index (χ3v) is 3.32. The van der Waals surface area contributed by atoms with E-state index in [1.165, 1.54) is 0 Å². The van der Waals surface area contributed by atoms with E-state index in [-0.39, 0.29) is 19.1 Å². The molecule has 0 aliphatic heterocycles. The lowest BCUT2D eigenvalue weighted by Crippen LogP contribution is -2.42. The molecule has 0 spiro atoms. The van der Waals surface area contributed by atoms with Crippen LogP contribution in [-0.2, 0) is 4.79 Å². The van der Waals surface area contributed by atoms with Crippen LogP contribution >= 0.6 is 11.6 Å². The summed E-state index contributed by atoms with van der Waals surface area (Å²) in [5.74, 6) is 0.264. The van der Waals surface area contributed by atoms with Crippen molar-refractivity contribution in [3.63, 3.8) is 0 Å². The van der Waals surface area contributed by atoms with E-state index < -0.39 is 5.54 Å². The van der Waals surface area contributed by atoms with Crippen molar-refractivity contribution >= 4 is 17.5 Å². The number of nitrogens with one attached hydrogen (secondary N) is 1. The molecule has 1 aliphatic rings. The highest BCUT2D eigenvalue weighted by Crippen LogP contribution is 2.34. The third-order valence-electron chi connectivity index (χ3n) is 3.01. The largest absolute Gasteiger partial charge is 0.482 e. The Balaban J connectivity index is 1.87. The molecule has 18 heavy (non-hydrogen) atoms. The molecule has 1 fully saturated rings. The number of carbonyl (C=O) groups excluding carboxylic acids is 1. The summed E-state index contributed by atoms with van der Waals surface area (Å²) in [6.07, 6.45) is 1.64. The summed E-state index contributed by atoms with van der Waals surface area (Å²) in [6.45, 7) is 1.81. The zero-order chi connectivity index (χ0) is 13.2. The number of aliphatic hydroxyl groups is 1. The molecule has 0 saturated heterocycles. The van der Waals surface area contributed by atoms with Gasteiger partial charge in [0.15, 0.2) is 6.61 Å². The second kappa shape index (κ2) is 5.16. The maximum Gasteiger partial charge on any atom is 0.258 e. The molecule has 1 aromatic rings. The summed E-state index contributed by atoms with van der Waals surface area (Å²) in [4.78, 5) is 11.6. The van der Waals surface area contributed by atoms with Crippen LogP contribution in [0.2, 0.25) is 5.02 Å². The fraction of sp³-hybridized carbons (Fsp3) is 0.462. The molecule has 1 saturated carbocycles. The van der Waals surface area contributed by atoms with Crippen LogP contribution in [0.4, 0.5) is 0 Å². The normalized spacial score (nSPS) is 16.2. The molecule has 0 heterocycles. The fourth-order valence-electron chi connectivity index (χ4n) is 1.67. The number of carbonyl (C=O) groups is 1. The Bertz CT molecular complexity index is 458. The smallest absolute Gasteiger partial charge is 0.258 e. The number of rotatable bonds is 5. The SMILES string of the molecule is Cc1ccc(Cl)c(OCC(=O)NC2(CO)CC2)c1. The molecule has 5 heteroatoms. The van der Waals surface area contributed by atoms with Crippen LogP contribution in [0.25, 0.3) is 0 Å². The van der Waals surface area contributed by atoms with E-state index in [1.54, 1.807) is 12.1 Å². The Morgan fingerprint density at radius 2 is 2.28 bits per heavy atom. The lowest BCUT2D eigenvalue weighted by molar-refractivity contribution is -0.124. The minimum Gasteiger partial charge on any atom is -0.482 e. The number of benzene rings is 1. The number of amides is 1. The van der Waals surface area contributed by atoms with Gasteiger partial charge in [0.05, 0.1) is 17.2 Å². The van der Waals surface area contributed by atoms with Crippen molar-refractivity contribution < 1.29 is 14.6 Å². The summed E-state index contributed by atoms with van der Waals surface area (Å²) in [5.41, 5.74) is 0.612. The van der Waals surface area contributed by atoms with Crippen LogP contribution in [0.3, 0.4) is 0 Å². The first-order valence-corrected chi connectivity index (χ1v) is 6.23. The van der Waals surface area contributed by atoms with Crippen molar-refractivity contribution in [3.8, 4) is 5.75 Å². The van der Waals surface area contributed by atoms with E-state index >= 15 is 0 Å². The highest BCUT2D eigenvalue weighted by Gasteiger charge is 2.43. The van der Waals surface area contributed by atoms with Crippen molar-refractivity contribution in [3.05, 3.63) is 28.8 Å². The van der Waals surface area contributed by atoms with Gasteiger partial charge in [-0.15, -0.1) is 0 Å². The maximum atomic E-state index is 11.6. The van der Waals surface area contributed by atoms with Crippen LogP contribution in [0, 0.1) is 6.92 Å². The van der Waals surface area contributed by atoms with Gasteiger partial charge >= 0.3 is 0 Å². The monoisotopic (exact) mass is 269 g/mol. The zero-order valence-electron chi connectivity index (χ0n) is 10.2. The molecule has 2 N–H and O–H groups in total. The number of halogens is 1.